The Hall–Kier alpha value is -2.26. The summed E-state index contributed by atoms with van der Waals surface area (Å²) in [7, 11) is -2.68. The van der Waals surface area contributed by atoms with Crippen molar-refractivity contribution in [2.75, 3.05) is 20.1 Å². The number of hydrogen-bond donors (Lipinski definition) is 0. The number of likely N-dealkylation sites (tertiary alicyclic amines) is 1. The number of likely N-dealkylation sites (N-methyl/N-ethyl adjacent to an activating group) is 1. The second-order valence-electron chi connectivity index (χ2n) is 7.56. The van der Waals surface area contributed by atoms with Crippen LogP contribution in [0.15, 0.2) is 29.2 Å². The number of carbonyl (C=O) groups excluding carboxylic acids is 3. The summed E-state index contributed by atoms with van der Waals surface area (Å²) in [6.07, 6.45) is 2.80. The minimum Gasteiger partial charge on any atom is -0.452 e. The molecule has 2 atom stereocenters. The fourth-order valence-corrected chi connectivity index (χ4v) is 4.66. The number of benzene rings is 1. The largest absolute Gasteiger partial charge is 0.452 e. The van der Waals surface area contributed by atoms with Gasteiger partial charge in [0.15, 0.2) is 11.9 Å². The Bertz CT molecular complexity index is 881. The minimum atomic E-state index is -3.94. The second kappa shape index (κ2) is 10.2. The van der Waals surface area contributed by atoms with E-state index in [1.165, 1.54) is 45.2 Å². The third-order valence-electron chi connectivity index (χ3n) is 5.36. The maximum absolute atomic E-state index is 12.7. The zero-order valence-corrected chi connectivity index (χ0v) is 18.8. The van der Waals surface area contributed by atoms with E-state index in [4.69, 9.17) is 4.74 Å². The molecule has 0 radical (unpaired) electrons. The third-order valence-corrected chi connectivity index (χ3v) is 7.18. The molecule has 0 bridgehead atoms. The lowest BCUT2D eigenvalue weighted by Crippen LogP contribution is -2.48. The molecule has 1 aromatic rings. The van der Waals surface area contributed by atoms with Gasteiger partial charge in [-0.05, 0) is 51.7 Å². The summed E-state index contributed by atoms with van der Waals surface area (Å²) in [5.41, 5.74) is 0.395. The monoisotopic (exact) mass is 438 g/mol. The highest BCUT2D eigenvalue weighted by atomic mass is 32.2. The van der Waals surface area contributed by atoms with Crippen molar-refractivity contribution < 1.29 is 27.5 Å². The van der Waals surface area contributed by atoms with Crippen molar-refractivity contribution >= 4 is 27.7 Å². The van der Waals surface area contributed by atoms with Gasteiger partial charge in [0.25, 0.3) is 5.91 Å². The van der Waals surface area contributed by atoms with Gasteiger partial charge in [-0.2, -0.15) is 4.31 Å². The number of piperidine rings is 1. The van der Waals surface area contributed by atoms with E-state index in [1.54, 1.807) is 4.90 Å². The predicted octanol–water partition coefficient (Wildman–Crippen LogP) is 2.23. The molecule has 0 N–H and O–H groups in total. The van der Waals surface area contributed by atoms with Crippen molar-refractivity contribution in [3.63, 3.8) is 0 Å². The van der Waals surface area contributed by atoms with Crippen LogP contribution < -0.4 is 0 Å². The predicted molar refractivity (Wildman–Crippen MR) is 111 cm³/mol. The van der Waals surface area contributed by atoms with Gasteiger partial charge in [-0.1, -0.05) is 19.1 Å². The van der Waals surface area contributed by atoms with Gasteiger partial charge in [-0.15, -0.1) is 0 Å². The Balaban J connectivity index is 1.98. The number of esters is 1. The van der Waals surface area contributed by atoms with Crippen LogP contribution in [-0.4, -0.2) is 67.6 Å². The van der Waals surface area contributed by atoms with E-state index in [-0.39, 0.29) is 22.6 Å². The number of rotatable bonds is 8. The van der Waals surface area contributed by atoms with E-state index >= 15 is 0 Å². The van der Waals surface area contributed by atoms with Crippen molar-refractivity contribution in [1.82, 2.24) is 9.21 Å². The Kier molecular flexibility index (Phi) is 8.14. The highest BCUT2D eigenvalue weighted by molar-refractivity contribution is 7.89. The maximum Gasteiger partial charge on any atom is 0.322 e. The molecule has 1 heterocycles. The van der Waals surface area contributed by atoms with Crippen LogP contribution in [0.25, 0.3) is 0 Å². The summed E-state index contributed by atoms with van der Waals surface area (Å²) in [6.45, 7) is 5.04. The van der Waals surface area contributed by atoms with Gasteiger partial charge >= 0.3 is 5.97 Å². The third kappa shape index (κ3) is 5.66. The highest BCUT2D eigenvalue weighted by Gasteiger charge is 2.31. The second-order valence-corrected chi connectivity index (χ2v) is 9.61. The first-order chi connectivity index (χ1) is 14.1. The lowest BCUT2D eigenvalue weighted by Gasteiger charge is -2.36. The van der Waals surface area contributed by atoms with Crippen LogP contribution in [-0.2, 0) is 24.3 Å². The molecule has 1 amide bonds. The van der Waals surface area contributed by atoms with E-state index < -0.39 is 28.6 Å². The fraction of sp³-hybridized carbons (Fsp3) is 0.571. The fourth-order valence-electron chi connectivity index (χ4n) is 3.54. The maximum atomic E-state index is 12.7. The zero-order chi connectivity index (χ0) is 22.5. The van der Waals surface area contributed by atoms with Gasteiger partial charge in [-0.3, -0.25) is 14.4 Å². The minimum absolute atomic E-state index is 0.0361. The highest BCUT2D eigenvalue weighted by Crippen LogP contribution is 2.21. The van der Waals surface area contributed by atoms with Crippen LogP contribution in [0, 0.1) is 0 Å². The average molecular weight is 439 g/mol. The summed E-state index contributed by atoms with van der Waals surface area (Å²) in [5, 5.41) is 0. The molecule has 1 fully saturated rings. The van der Waals surface area contributed by atoms with Crippen LogP contribution in [0.3, 0.4) is 0 Å². The van der Waals surface area contributed by atoms with Crippen LogP contribution >= 0.6 is 0 Å². The molecule has 0 aliphatic carbocycles. The molecule has 0 saturated carbocycles. The van der Waals surface area contributed by atoms with Gasteiger partial charge in [0.05, 0.1) is 4.90 Å². The molecular formula is C21H30N2O6S. The van der Waals surface area contributed by atoms with Gasteiger partial charge in [-0.25, -0.2) is 8.42 Å². The number of nitrogens with zero attached hydrogens (tertiary/aromatic N) is 2. The van der Waals surface area contributed by atoms with Crippen molar-refractivity contribution in [2.45, 2.75) is 63.5 Å². The number of ketones is 1. The molecule has 9 heteroatoms. The first-order valence-electron chi connectivity index (χ1n) is 10.1. The molecule has 1 aromatic carbocycles. The van der Waals surface area contributed by atoms with Crippen molar-refractivity contribution in [2.24, 2.45) is 0 Å². The molecule has 8 nitrogen and oxygen atoms in total. The van der Waals surface area contributed by atoms with E-state index in [1.807, 2.05) is 6.92 Å². The van der Waals surface area contributed by atoms with Crippen molar-refractivity contribution in [3.05, 3.63) is 29.8 Å². The average Bonchev–Trinajstić information content (AvgIpc) is 2.72. The molecule has 1 aliphatic heterocycles. The summed E-state index contributed by atoms with van der Waals surface area (Å²) in [5.74, 6) is -1.22. The van der Waals surface area contributed by atoms with Crippen LogP contribution in [0.2, 0.25) is 0 Å². The Labute approximate surface area is 178 Å². The van der Waals surface area contributed by atoms with E-state index in [0.717, 1.165) is 30.0 Å². The van der Waals surface area contributed by atoms with E-state index in [2.05, 4.69) is 0 Å². The quantitative estimate of drug-likeness (QED) is 0.456. The number of ether oxygens (including phenoxy) is 1. The topological polar surface area (TPSA) is 101 Å². The molecule has 2 rings (SSSR count). The van der Waals surface area contributed by atoms with E-state index in [9.17, 15) is 22.8 Å². The first kappa shape index (κ1) is 24.0. The summed E-state index contributed by atoms with van der Waals surface area (Å²) in [6, 6.07) is 5.63. The van der Waals surface area contributed by atoms with Gasteiger partial charge in [0, 0.05) is 25.2 Å². The van der Waals surface area contributed by atoms with Crippen LogP contribution in [0.1, 0.15) is 56.8 Å². The smallest absolute Gasteiger partial charge is 0.322 e. The molecule has 1 aliphatic rings. The Morgan fingerprint density at radius 1 is 1.20 bits per heavy atom. The zero-order valence-electron chi connectivity index (χ0n) is 18.0. The standard InChI is InChI=1S/C21H30N2O6S/c1-5-18-8-6-7-13-23(18)21(26)16(3)29-20(25)14-22(4)30(27,28)19-11-9-17(10-12-19)15(2)24/h9-12,16,18H,5-8,13-14H2,1-4H3. The lowest BCUT2D eigenvalue weighted by atomic mass is 9.99. The molecule has 0 aromatic heterocycles. The molecule has 166 valence electrons. The molecule has 2 unspecified atom stereocenters. The molecular weight excluding hydrogens is 408 g/mol. The molecule has 0 spiro atoms. The molecule has 1 saturated heterocycles. The first-order valence-corrected chi connectivity index (χ1v) is 11.6. The Morgan fingerprint density at radius 3 is 2.40 bits per heavy atom. The van der Waals surface area contributed by atoms with Crippen LogP contribution in [0.5, 0.6) is 0 Å². The van der Waals surface area contributed by atoms with Crippen LogP contribution in [0.4, 0.5) is 0 Å². The summed E-state index contributed by atoms with van der Waals surface area (Å²) < 4.78 is 31.4. The van der Waals surface area contributed by atoms with Gasteiger partial charge in [0.1, 0.15) is 6.54 Å². The van der Waals surface area contributed by atoms with E-state index in [0.29, 0.717) is 12.1 Å². The number of Topliss-reactive ketones (excluding diaryl/α,β-unsaturated/α-hetero) is 1. The van der Waals surface area contributed by atoms with Crippen molar-refractivity contribution in [1.29, 1.82) is 0 Å². The summed E-state index contributed by atoms with van der Waals surface area (Å²) in [4.78, 5) is 38.0. The number of hydrogen-bond acceptors (Lipinski definition) is 6. The Morgan fingerprint density at radius 2 is 1.83 bits per heavy atom. The van der Waals surface area contributed by atoms with Gasteiger partial charge in [0.2, 0.25) is 10.0 Å². The number of carbonyl (C=O) groups is 3. The summed E-state index contributed by atoms with van der Waals surface area (Å²) >= 11 is 0. The van der Waals surface area contributed by atoms with Gasteiger partial charge < -0.3 is 9.64 Å². The number of sulfonamides is 1. The SMILES string of the molecule is CCC1CCCCN1C(=O)C(C)OC(=O)CN(C)S(=O)(=O)c1ccc(C(C)=O)cc1. The normalized spacial score (nSPS) is 18.2. The molecule has 30 heavy (non-hydrogen) atoms. The van der Waals surface area contributed by atoms with Crippen molar-refractivity contribution in [3.8, 4) is 0 Å². The number of amides is 1. The lowest BCUT2D eigenvalue weighted by molar-refractivity contribution is -0.160.